The first-order valence-corrected chi connectivity index (χ1v) is 8.21. The SMILES string of the molecule is Cn1cc([C@@H]2CN(C(=O)CCCn3cncn3)C[C@@H]2CC(=O)O)nn1. The summed E-state index contributed by atoms with van der Waals surface area (Å²) in [6, 6.07) is 0. The van der Waals surface area contributed by atoms with E-state index in [1.54, 1.807) is 33.8 Å². The van der Waals surface area contributed by atoms with Gasteiger partial charge in [0, 0.05) is 45.2 Å². The average molecular weight is 347 g/mol. The fourth-order valence-corrected chi connectivity index (χ4v) is 3.27. The summed E-state index contributed by atoms with van der Waals surface area (Å²) in [5.74, 6) is -1.07. The van der Waals surface area contributed by atoms with E-state index in [2.05, 4.69) is 20.4 Å². The van der Waals surface area contributed by atoms with Crippen molar-refractivity contribution >= 4 is 11.9 Å². The summed E-state index contributed by atoms with van der Waals surface area (Å²) < 4.78 is 3.28. The summed E-state index contributed by atoms with van der Waals surface area (Å²) >= 11 is 0. The summed E-state index contributed by atoms with van der Waals surface area (Å²) in [5, 5.41) is 21.2. The average Bonchev–Trinajstić information content (AvgIpc) is 3.27. The molecule has 1 aliphatic rings. The van der Waals surface area contributed by atoms with Crippen molar-refractivity contribution in [2.45, 2.75) is 31.7 Å². The van der Waals surface area contributed by atoms with Crippen molar-refractivity contribution in [1.29, 1.82) is 0 Å². The fraction of sp³-hybridized carbons (Fsp3) is 0.600. The van der Waals surface area contributed by atoms with Crippen LogP contribution in [0, 0.1) is 5.92 Å². The number of hydrogen-bond donors (Lipinski definition) is 1. The van der Waals surface area contributed by atoms with E-state index in [0.29, 0.717) is 32.5 Å². The molecular formula is C15H21N7O3. The van der Waals surface area contributed by atoms with E-state index in [4.69, 9.17) is 5.11 Å². The second-order valence-electron chi connectivity index (χ2n) is 6.34. The number of aromatic nitrogens is 6. The van der Waals surface area contributed by atoms with Crippen LogP contribution in [-0.2, 0) is 23.2 Å². The van der Waals surface area contributed by atoms with Crippen LogP contribution in [0.4, 0.5) is 0 Å². The van der Waals surface area contributed by atoms with E-state index in [9.17, 15) is 9.59 Å². The third-order valence-corrected chi connectivity index (χ3v) is 4.48. The van der Waals surface area contributed by atoms with Crippen molar-refractivity contribution in [1.82, 2.24) is 34.7 Å². The van der Waals surface area contributed by atoms with Gasteiger partial charge < -0.3 is 10.0 Å². The van der Waals surface area contributed by atoms with E-state index >= 15 is 0 Å². The molecule has 1 fully saturated rings. The van der Waals surface area contributed by atoms with Crippen molar-refractivity contribution in [3.63, 3.8) is 0 Å². The van der Waals surface area contributed by atoms with E-state index in [1.807, 2.05) is 0 Å². The van der Waals surface area contributed by atoms with Gasteiger partial charge in [0.25, 0.3) is 0 Å². The van der Waals surface area contributed by atoms with E-state index in [-0.39, 0.29) is 24.2 Å². The Balaban J connectivity index is 1.59. The summed E-state index contributed by atoms with van der Waals surface area (Å²) in [6.07, 6.45) is 5.95. The number of carboxylic acids is 1. The minimum Gasteiger partial charge on any atom is -0.481 e. The van der Waals surface area contributed by atoms with Gasteiger partial charge in [-0.15, -0.1) is 5.10 Å². The number of carbonyl (C=O) groups excluding carboxylic acids is 1. The Hall–Kier alpha value is -2.78. The summed E-state index contributed by atoms with van der Waals surface area (Å²) in [4.78, 5) is 29.2. The third kappa shape index (κ3) is 4.20. The van der Waals surface area contributed by atoms with Gasteiger partial charge in [0.15, 0.2) is 0 Å². The Kier molecular flexibility index (Phi) is 5.05. The van der Waals surface area contributed by atoms with Gasteiger partial charge in [-0.3, -0.25) is 19.0 Å². The van der Waals surface area contributed by atoms with Crippen LogP contribution in [0.1, 0.15) is 30.9 Å². The Morgan fingerprint density at radius 1 is 1.36 bits per heavy atom. The Bertz CT molecular complexity index is 727. The molecule has 0 unspecified atom stereocenters. The van der Waals surface area contributed by atoms with Crippen molar-refractivity contribution in [3.8, 4) is 0 Å². The van der Waals surface area contributed by atoms with Crippen LogP contribution in [0.3, 0.4) is 0 Å². The van der Waals surface area contributed by atoms with Gasteiger partial charge in [-0.1, -0.05) is 5.21 Å². The predicted molar refractivity (Wildman–Crippen MR) is 85.3 cm³/mol. The third-order valence-electron chi connectivity index (χ3n) is 4.48. The van der Waals surface area contributed by atoms with Crippen LogP contribution in [0.5, 0.6) is 0 Å². The number of aryl methyl sites for hydroxylation is 2. The molecule has 1 amide bonds. The topological polar surface area (TPSA) is 119 Å². The highest BCUT2D eigenvalue weighted by Gasteiger charge is 2.38. The second-order valence-corrected chi connectivity index (χ2v) is 6.34. The van der Waals surface area contributed by atoms with E-state index in [1.165, 1.54) is 6.33 Å². The smallest absolute Gasteiger partial charge is 0.303 e. The molecular weight excluding hydrogens is 326 g/mol. The van der Waals surface area contributed by atoms with Crippen LogP contribution in [0.15, 0.2) is 18.9 Å². The van der Waals surface area contributed by atoms with Gasteiger partial charge in [-0.05, 0) is 12.3 Å². The lowest BCUT2D eigenvalue weighted by Gasteiger charge is -2.16. The monoisotopic (exact) mass is 347 g/mol. The molecule has 25 heavy (non-hydrogen) atoms. The molecule has 0 spiro atoms. The highest BCUT2D eigenvalue weighted by atomic mass is 16.4. The zero-order valence-corrected chi connectivity index (χ0v) is 14.0. The van der Waals surface area contributed by atoms with Gasteiger partial charge in [-0.25, -0.2) is 4.98 Å². The van der Waals surface area contributed by atoms with Crippen LogP contribution in [0.2, 0.25) is 0 Å². The maximum Gasteiger partial charge on any atom is 0.303 e. The number of likely N-dealkylation sites (tertiary alicyclic amines) is 1. The molecule has 1 aliphatic heterocycles. The molecule has 1 saturated heterocycles. The van der Waals surface area contributed by atoms with Crippen LogP contribution in [-0.4, -0.2) is 64.7 Å². The normalized spacial score (nSPS) is 20.1. The Morgan fingerprint density at radius 3 is 2.84 bits per heavy atom. The molecule has 0 aliphatic carbocycles. The molecule has 10 nitrogen and oxygen atoms in total. The summed E-state index contributed by atoms with van der Waals surface area (Å²) in [6.45, 7) is 1.56. The Labute approximate surface area is 144 Å². The molecule has 3 rings (SSSR count). The number of aliphatic carboxylic acids is 1. The van der Waals surface area contributed by atoms with Gasteiger partial charge in [0.05, 0.1) is 12.1 Å². The van der Waals surface area contributed by atoms with E-state index in [0.717, 1.165) is 5.69 Å². The number of amides is 1. The first kappa shape index (κ1) is 17.1. The zero-order valence-electron chi connectivity index (χ0n) is 14.0. The zero-order chi connectivity index (χ0) is 17.8. The highest BCUT2D eigenvalue weighted by molar-refractivity contribution is 5.77. The summed E-state index contributed by atoms with van der Waals surface area (Å²) in [5.41, 5.74) is 0.742. The Morgan fingerprint density at radius 2 is 2.20 bits per heavy atom. The minimum absolute atomic E-state index is 0.0178. The molecule has 0 aromatic carbocycles. The molecule has 10 heteroatoms. The van der Waals surface area contributed by atoms with Crippen molar-refractivity contribution in [2.24, 2.45) is 13.0 Å². The van der Waals surface area contributed by atoms with Crippen LogP contribution in [0.25, 0.3) is 0 Å². The fourth-order valence-electron chi connectivity index (χ4n) is 3.27. The first-order valence-electron chi connectivity index (χ1n) is 8.21. The maximum atomic E-state index is 12.5. The summed E-state index contributed by atoms with van der Waals surface area (Å²) in [7, 11) is 1.77. The van der Waals surface area contributed by atoms with Gasteiger partial charge in [0.2, 0.25) is 5.91 Å². The second kappa shape index (κ2) is 7.41. The van der Waals surface area contributed by atoms with Gasteiger partial charge in [-0.2, -0.15) is 5.10 Å². The molecule has 134 valence electrons. The molecule has 0 bridgehead atoms. The minimum atomic E-state index is -0.862. The van der Waals surface area contributed by atoms with Crippen LogP contribution >= 0.6 is 0 Å². The quantitative estimate of drug-likeness (QED) is 0.743. The maximum absolute atomic E-state index is 12.5. The molecule has 1 N–H and O–H groups in total. The molecule has 2 aromatic rings. The number of nitrogens with zero attached hydrogens (tertiary/aromatic N) is 7. The number of hydrogen-bond acceptors (Lipinski definition) is 6. The van der Waals surface area contributed by atoms with Crippen LogP contribution < -0.4 is 0 Å². The molecule has 3 heterocycles. The largest absolute Gasteiger partial charge is 0.481 e. The van der Waals surface area contributed by atoms with Crippen molar-refractivity contribution in [2.75, 3.05) is 13.1 Å². The lowest BCUT2D eigenvalue weighted by Crippen LogP contribution is -2.29. The molecule has 0 saturated carbocycles. The number of carboxylic acid groups (broad SMARTS) is 1. The van der Waals surface area contributed by atoms with E-state index < -0.39 is 5.97 Å². The predicted octanol–water partition coefficient (Wildman–Crippen LogP) is -0.0963. The first-order chi connectivity index (χ1) is 12.0. The molecule has 2 aromatic heterocycles. The standard InChI is InChI=1S/C15H21N7O3/c1-20-8-13(18-19-20)12-7-21(6-11(12)5-15(24)25)14(23)3-2-4-22-10-16-9-17-22/h8-12H,2-7H2,1H3,(H,24,25)/t11-,12+/m0/s1. The van der Waals surface area contributed by atoms with Gasteiger partial charge in [0.1, 0.15) is 12.7 Å². The highest BCUT2D eigenvalue weighted by Crippen LogP contribution is 2.34. The van der Waals surface area contributed by atoms with Crippen molar-refractivity contribution < 1.29 is 14.7 Å². The van der Waals surface area contributed by atoms with Crippen molar-refractivity contribution in [3.05, 3.63) is 24.5 Å². The van der Waals surface area contributed by atoms with Gasteiger partial charge >= 0.3 is 5.97 Å². The lowest BCUT2D eigenvalue weighted by atomic mass is 9.91. The lowest BCUT2D eigenvalue weighted by molar-refractivity contribution is -0.138. The molecule has 0 radical (unpaired) electrons. The number of rotatable bonds is 7. The number of carbonyl (C=O) groups is 2. The molecule has 2 atom stereocenters.